The Bertz CT molecular complexity index is 231. The van der Waals surface area contributed by atoms with Crippen LogP contribution >= 0.6 is 0 Å². The second-order valence-corrected chi connectivity index (χ2v) is 3.93. The number of aliphatic carboxylic acids is 2. The monoisotopic (exact) mass is 232 g/mol. The third kappa shape index (κ3) is 8.19. The summed E-state index contributed by atoms with van der Waals surface area (Å²) in [7, 11) is 3.89. The predicted molar refractivity (Wildman–Crippen MR) is 59.5 cm³/mol. The Morgan fingerprint density at radius 2 is 1.94 bits per heavy atom. The van der Waals surface area contributed by atoms with E-state index in [4.69, 9.17) is 10.2 Å². The molecule has 0 heterocycles. The van der Waals surface area contributed by atoms with Crippen molar-refractivity contribution >= 4 is 11.9 Å². The molecule has 6 heteroatoms. The summed E-state index contributed by atoms with van der Waals surface area (Å²) in [6.45, 7) is 1.45. The summed E-state index contributed by atoms with van der Waals surface area (Å²) in [4.78, 5) is 23.1. The Hall–Kier alpha value is -1.14. The van der Waals surface area contributed by atoms with E-state index in [0.29, 0.717) is 6.54 Å². The molecule has 0 saturated carbocycles. The van der Waals surface area contributed by atoms with Crippen molar-refractivity contribution in [2.24, 2.45) is 0 Å². The number of hydrogen-bond donors (Lipinski definition) is 3. The van der Waals surface area contributed by atoms with Crippen molar-refractivity contribution in [3.8, 4) is 0 Å². The zero-order chi connectivity index (χ0) is 12.6. The summed E-state index contributed by atoms with van der Waals surface area (Å²) in [5.74, 6) is -1.97. The van der Waals surface area contributed by atoms with Gasteiger partial charge in [0.1, 0.15) is 6.04 Å². The molecule has 0 rings (SSSR count). The standard InChI is InChI=1S/C10H20N2O4/c1-12(2)7-3-6-11-8(10(15)16)4-5-9(13)14/h8,11H,3-7H2,1-2H3,(H,13,14)(H,15,16)/t8-/m0/s1. The van der Waals surface area contributed by atoms with Crippen LogP contribution in [0.1, 0.15) is 19.3 Å². The Morgan fingerprint density at radius 3 is 2.38 bits per heavy atom. The molecule has 0 aromatic heterocycles. The molecule has 0 aromatic rings. The SMILES string of the molecule is CN(C)CCCN[C@@H](CCC(=O)O)C(=O)O. The smallest absolute Gasteiger partial charge is 0.320 e. The number of carboxylic acid groups (broad SMARTS) is 2. The van der Waals surface area contributed by atoms with Gasteiger partial charge >= 0.3 is 11.9 Å². The molecule has 0 unspecified atom stereocenters. The van der Waals surface area contributed by atoms with E-state index in [0.717, 1.165) is 13.0 Å². The lowest BCUT2D eigenvalue weighted by Crippen LogP contribution is -2.38. The number of carboxylic acids is 2. The molecule has 94 valence electrons. The Kier molecular flexibility index (Phi) is 7.49. The van der Waals surface area contributed by atoms with Gasteiger partial charge in [-0.25, -0.2) is 0 Å². The predicted octanol–water partition coefficient (Wildman–Crippen LogP) is -0.154. The molecule has 0 spiro atoms. The molecule has 6 nitrogen and oxygen atoms in total. The normalized spacial score (nSPS) is 12.7. The van der Waals surface area contributed by atoms with Crippen molar-refractivity contribution in [1.82, 2.24) is 10.2 Å². The summed E-state index contributed by atoms with van der Waals surface area (Å²) < 4.78 is 0. The summed E-state index contributed by atoms with van der Waals surface area (Å²) in [5.41, 5.74) is 0. The largest absolute Gasteiger partial charge is 0.481 e. The Morgan fingerprint density at radius 1 is 1.31 bits per heavy atom. The first-order valence-corrected chi connectivity index (χ1v) is 5.26. The van der Waals surface area contributed by atoms with E-state index >= 15 is 0 Å². The quantitative estimate of drug-likeness (QED) is 0.479. The van der Waals surface area contributed by atoms with Crippen LogP contribution in [0.2, 0.25) is 0 Å². The minimum atomic E-state index is -0.994. The number of carbonyl (C=O) groups is 2. The first-order valence-electron chi connectivity index (χ1n) is 5.26. The average Bonchev–Trinajstić information content (AvgIpc) is 2.15. The first-order chi connectivity index (χ1) is 7.43. The maximum absolute atomic E-state index is 10.8. The summed E-state index contributed by atoms with van der Waals surface area (Å²) in [6, 6.07) is -0.765. The zero-order valence-corrected chi connectivity index (χ0v) is 9.77. The molecule has 16 heavy (non-hydrogen) atoms. The van der Waals surface area contributed by atoms with E-state index in [-0.39, 0.29) is 12.8 Å². The summed E-state index contributed by atoms with van der Waals surface area (Å²) in [5, 5.41) is 20.1. The Balaban J connectivity index is 3.77. The molecule has 0 amide bonds. The van der Waals surface area contributed by atoms with Crippen LogP contribution in [0.3, 0.4) is 0 Å². The minimum absolute atomic E-state index is 0.118. The highest BCUT2D eigenvalue weighted by molar-refractivity contribution is 5.75. The maximum atomic E-state index is 10.8. The summed E-state index contributed by atoms with van der Waals surface area (Å²) >= 11 is 0. The van der Waals surface area contributed by atoms with Crippen LogP contribution in [0.4, 0.5) is 0 Å². The van der Waals surface area contributed by atoms with Crippen LogP contribution < -0.4 is 5.32 Å². The molecule has 0 radical (unpaired) electrons. The van der Waals surface area contributed by atoms with Crippen LogP contribution in [0, 0.1) is 0 Å². The van der Waals surface area contributed by atoms with Crippen LogP contribution in [-0.4, -0.2) is 60.3 Å². The van der Waals surface area contributed by atoms with Gasteiger partial charge in [0.25, 0.3) is 0 Å². The lowest BCUT2D eigenvalue weighted by Gasteiger charge is -2.14. The van der Waals surface area contributed by atoms with Crippen molar-refractivity contribution in [3.63, 3.8) is 0 Å². The van der Waals surface area contributed by atoms with Crippen molar-refractivity contribution < 1.29 is 19.8 Å². The lowest BCUT2D eigenvalue weighted by atomic mass is 10.1. The van der Waals surface area contributed by atoms with Gasteiger partial charge in [-0.2, -0.15) is 0 Å². The van der Waals surface area contributed by atoms with E-state index < -0.39 is 18.0 Å². The summed E-state index contributed by atoms with van der Waals surface area (Å²) in [6.07, 6.45) is 0.828. The lowest BCUT2D eigenvalue weighted by molar-refractivity contribution is -0.140. The van der Waals surface area contributed by atoms with Gasteiger partial charge in [-0.05, 0) is 40.0 Å². The molecule has 0 aromatic carbocycles. The van der Waals surface area contributed by atoms with Gasteiger partial charge in [0.2, 0.25) is 0 Å². The molecule has 0 aliphatic carbocycles. The van der Waals surface area contributed by atoms with Crippen molar-refractivity contribution in [3.05, 3.63) is 0 Å². The van der Waals surface area contributed by atoms with Gasteiger partial charge in [-0.3, -0.25) is 9.59 Å². The topological polar surface area (TPSA) is 89.9 Å². The van der Waals surface area contributed by atoms with Crippen molar-refractivity contribution in [2.45, 2.75) is 25.3 Å². The molecule has 0 fully saturated rings. The Labute approximate surface area is 95.2 Å². The van der Waals surface area contributed by atoms with Gasteiger partial charge in [-0.1, -0.05) is 0 Å². The average molecular weight is 232 g/mol. The molecular formula is C10H20N2O4. The maximum Gasteiger partial charge on any atom is 0.320 e. The third-order valence-electron chi connectivity index (χ3n) is 2.12. The highest BCUT2D eigenvalue weighted by Gasteiger charge is 2.17. The number of rotatable bonds is 9. The van der Waals surface area contributed by atoms with Gasteiger partial charge in [0.05, 0.1) is 0 Å². The first kappa shape index (κ1) is 14.9. The fraction of sp³-hybridized carbons (Fsp3) is 0.800. The van der Waals surface area contributed by atoms with Crippen LogP contribution in [0.15, 0.2) is 0 Å². The van der Waals surface area contributed by atoms with Crippen LogP contribution in [-0.2, 0) is 9.59 Å². The van der Waals surface area contributed by atoms with E-state index in [2.05, 4.69) is 5.32 Å². The van der Waals surface area contributed by atoms with Crippen molar-refractivity contribution in [1.29, 1.82) is 0 Å². The number of hydrogen-bond acceptors (Lipinski definition) is 4. The molecule has 0 saturated heterocycles. The van der Waals surface area contributed by atoms with E-state index in [1.807, 2.05) is 19.0 Å². The fourth-order valence-corrected chi connectivity index (χ4v) is 1.25. The zero-order valence-electron chi connectivity index (χ0n) is 9.77. The van der Waals surface area contributed by atoms with Crippen molar-refractivity contribution in [2.75, 3.05) is 27.2 Å². The van der Waals surface area contributed by atoms with Gasteiger partial charge in [0, 0.05) is 6.42 Å². The number of nitrogens with zero attached hydrogens (tertiary/aromatic N) is 1. The third-order valence-corrected chi connectivity index (χ3v) is 2.12. The number of nitrogens with one attached hydrogen (secondary N) is 1. The van der Waals surface area contributed by atoms with E-state index in [9.17, 15) is 9.59 Å². The molecule has 1 atom stereocenters. The van der Waals surface area contributed by atoms with E-state index in [1.54, 1.807) is 0 Å². The van der Waals surface area contributed by atoms with Crippen LogP contribution in [0.5, 0.6) is 0 Å². The molecule has 0 bridgehead atoms. The molecular weight excluding hydrogens is 212 g/mol. The second kappa shape index (κ2) is 8.06. The molecule has 0 aliphatic heterocycles. The highest BCUT2D eigenvalue weighted by Crippen LogP contribution is 1.98. The fourth-order valence-electron chi connectivity index (χ4n) is 1.25. The highest BCUT2D eigenvalue weighted by atomic mass is 16.4. The van der Waals surface area contributed by atoms with Gasteiger partial charge in [-0.15, -0.1) is 0 Å². The molecule has 3 N–H and O–H groups in total. The van der Waals surface area contributed by atoms with E-state index in [1.165, 1.54) is 0 Å². The minimum Gasteiger partial charge on any atom is -0.481 e. The van der Waals surface area contributed by atoms with Gasteiger partial charge in [0.15, 0.2) is 0 Å². The second-order valence-electron chi connectivity index (χ2n) is 3.93. The van der Waals surface area contributed by atoms with Gasteiger partial charge < -0.3 is 20.4 Å². The molecule has 0 aliphatic rings. The van der Waals surface area contributed by atoms with Crippen LogP contribution in [0.25, 0.3) is 0 Å².